The van der Waals surface area contributed by atoms with Gasteiger partial charge in [-0.1, -0.05) is 24.3 Å². The van der Waals surface area contributed by atoms with Gasteiger partial charge in [0, 0.05) is 12.1 Å². The summed E-state index contributed by atoms with van der Waals surface area (Å²) in [4.78, 5) is 27.2. The number of imidazole rings is 1. The Bertz CT molecular complexity index is 1250. The molecule has 0 radical (unpaired) electrons. The molecule has 33 heavy (non-hydrogen) atoms. The van der Waals surface area contributed by atoms with E-state index < -0.39 is 5.60 Å². The number of nitrogens with zero attached hydrogens (tertiary/aromatic N) is 4. The number of aromatic hydroxyl groups is 1. The number of benzene rings is 1. The predicted molar refractivity (Wildman–Crippen MR) is 125 cm³/mol. The Hall–Kier alpha value is -3.62. The second-order valence-electron chi connectivity index (χ2n) is 9.42. The van der Waals surface area contributed by atoms with Gasteiger partial charge in [0.1, 0.15) is 11.9 Å². The zero-order valence-corrected chi connectivity index (χ0v) is 18.8. The fourth-order valence-corrected chi connectivity index (χ4v) is 4.93. The number of hydrogen-bond donors (Lipinski definition) is 3. The number of ether oxygens (including phenoxy) is 1. The quantitative estimate of drug-likeness (QED) is 0.560. The number of hydrogen-bond acceptors (Lipinski definition) is 7. The second kappa shape index (κ2) is 8.06. The van der Waals surface area contributed by atoms with Gasteiger partial charge in [-0.3, -0.25) is 9.55 Å². The molecule has 0 saturated heterocycles. The number of H-pyrrole nitrogens is 1. The van der Waals surface area contributed by atoms with Gasteiger partial charge in [0.05, 0.1) is 11.9 Å². The molecule has 0 spiro atoms. The van der Waals surface area contributed by atoms with Crippen molar-refractivity contribution in [2.45, 2.75) is 57.6 Å². The van der Waals surface area contributed by atoms with Gasteiger partial charge in [-0.05, 0) is 56.9 Å². The van der Waals surface area contributed by atoms with E-state index in [1.807, 2.05) is 13.8 Å². The molecule has 0 atom stereocenters. The highest BCUT2D eigenvalue weighted by Gasteiger charge is 2.35. The summed E-state index contributed by atoms with van der Waals surface area (Å²) in [6, 6.07) is 8.54. The molecule has 1 aromatic carbocycles. The maximum Gasteiger partial charge on any atom is 0.328 e. The van der Waals surface area contributed by atoms with Gasteiger partial charge in [-0.15, -0.1) is 0 Å². The minimum absolute atomic E-state index is 0.0800. The molecule has 9 heteroatoms. The third-order valence-corrected chi connectivity index (χ3v) is 6.69. The van der Waals surface area contributed by atoms with Crippen LogP contribution in [0, 0.1) is 5.92 Å². The van der Waals surface area contributed by atoms with E-state index in [1.54, 1.807) is 4.57 Å². The Labute approximate surface area is 191 Å². The van der Waals surface area contributed by atoms with E-state index in [1.165, 1.54) is 18.1 Å². The third-order valence-electron chi connectivity index (χ3n) is 6.69. The summed E-state index contributed by atoms with van der Waals surface area (Å²) < 4.78 is 7.65. The zero-order valence-electron chi connectivity index (χ0n) is 18.8. The Kier molecular flexibility index (Phi) is 5.19. The molecule has 1 aliphatic carbocycles. The summed E-state index contributed by atoms with van der Waals surface area (Å²) in [5.74, 6) is 1.56. The van der Waals surface area contributed by atoms with E-state index in [2.05, 4.69) is 39.2 Å². The largest absolute Gasteiger partial charge is 0.493 e. The first-order valence-corrected chi connectivity index (χ1v) is 11.3. The van der Waals surface area contributed by atoms with Gasteiger partial charge in [0.15, 0.2) is 11.5 Å². The third kappa shape index (κ3) is 4.10. The lowest BCUT2D eigenvalue weighted by atomic mass is 9.78. The first-order chi connectivity index (χ1) is 15.8. The molecule has 172 valence electrons. The summed E-state index contributed by atoms with van der Waals surface area (Å²) in [7, 11) is 0. The Morgan fingerprint density at radius 1 is 1.18 bits per heavy atom. The van der Waals surface area contributed by atoms with Crippen molar-refractivity contribution in [3.8, 4) is 11.8 Å². The highest BCUT2D eigenvalue weighted by molar-refractivity contribution is 6.09. The summed E-state index contributed by atoms with van der Waals surface area (Å²) in [5, 5.41) is 9.46. The molecular weight excluding hydrogens is 420 g/mol. The van der Waals surface area contributed by atoms with Crippen LogP contribution < -0.4 is 16.2 Å². The lowest BCUT2D eigenvalue weighted by Crippen LogP contribution is -2.41. The van der Waals surface area contributed by atoms with Crippen molar-refractivity contribution in [3.05, 3.63) is 58.4 Å². The Morgan fingerprint density at radius 2 is 1.91 bits per heavy atom. The van der Waals surface area contributed by atoms with Gasteiger partial charge < -0.3 is 15.6 Å². The van der Waals surface area contributed by atoms with Crippen LogP contribution in [0.2, 0.25) is 0 Å². The van der Waals surface area contributed by atoms with Gasteiger partial charge >= 0.3 is 5.69 Å². The van der Waals surface area contributed by atoms with Crippen LogP contribution in [-0.2, 0) is 6.54 Å². The average molecular weight is 449 g/mol. The van der Waals surface area contributed by atoms with E-state index in [0.717, 1.165) is 37.0 Å². The van der Waals surface area contributed by atoms with E-state index in [9.17, 15) is 9.90 Å². The molecule has 1 fully saturated rings. The van der Waals surface area contributed by atoms with Crippen molar-refractivity contribution in [2.24, 2.45) is 10.9 Å². The summed E-state index contributed by atoms with van der Waals surface area (Å²) in [6.07, 6.45) is 7.11. The molecule has 0 unspecified atom stereocenters. The van der Waals surface area contributed by atoms with Crippen LogP contribution in [0.5, 0.6) is 11.8 Å². The maximum absolute atomic E-state index is 11.8. The van der Waals surface area contributed by atoms with E-state index >= 15 is 0 Å². The topological polar surface area (TPSA) is 131 Å². The predicted octanol–water partition coefficient (Wildman–Crippen LogP) is 3.52. The van der Waals surface area contributed by atoms with Crippen molar-refractivity contribution in [1.29, 1.82) is 0 Å². The zero-order chi connectivity index (χ0) is 23.2. The molecule has 3 aromatic rings. The number of nitrogen functional groups attached to an aromatic ring is 1. The fraction of sp³-hybridized carbons (Fsp3) is 0.417. The van der Waals surface area contributed by atoms with Crippen LogP contribution in [-0.4, -0.2) is 35.9 Å². The number of anilines is 1. The van der Waals surface area contributed by atoms with Crippen LogP contribution in [0.4, 0.5) is 11.5 Å². The van der Waals surface area contributed by atoms with Crippen molar-refractivity contribution in [1.82, 2.24) is 19.5 Å². The Morgan fingerprint density at radius 3 is 2.58 bits per heavy atom. The van der Waals surface area contributed by atoms with E-state index in [0.29, 0.717) is 35.8 Å². The molecule has 2 aromatic heterocycles. The molecule has 2 aliphatic rings. The second-order valence-corrected chi connectivity index (χ2v) is 9.42. The highest BCUT2D eigenvalue weighted by atomic mass is 16.5. The maximum atomic E-state index is 11.8. The lowest BCUT2D eigenvalue weighted by Gasteiger charge is -2.32. The molecule has 1 aliphatic heterocycles. The smallest absolute Gasteiger partial charge is 0.328 e. The van der Waals surface area contributed by atoms with Gasteiger partial charge in [-0.25, -0.2) is 14.8 Å². The Balaban J connectivity index is 1.29. The first kappa shape index (κ1) is 21.2. The summed E-state index contributed by atoms with van der Waals surface area (Å²) in [6.45, 7) is 4.58. The van der Waals surface area contributed by atoms with Crippen LogP contribution in [0.1, 0.15) is 56.6 Å². The number of aliphatic imine (C=N–C) groups is 1. The molecule has 0 amide bonds. The number of rotatable bonds is 4. The van der Waals surface area contributed by atoms with Crippen molar-refractivity contribution < 1.29 is 9.84 Å². The minimum Gasteiger partial charge on any atom is -0.493 e. The summed E-state index contributed by atoms with van der Waals surface area (Å²) in [5.41, 5.74) is 8.67. The minimum atomic E-state index is -0.641. The number of fused-ring (bicyclic) bond motifs is 1. The van der Waals surface area contributed by atoms with Crippen molar-refractivity contribution in [2.75, 3.05) is 5.73 Å². The van der Waals surface area contributed by atoms with Gasteiger partial charge in [-0.2, -0.15) is 4.98 Å². The molecule has 1 saturated carbocycles. The van der Waals surface area contributed by atoms with E-state index in [-0.39, 0.29) is 11.6 Å². The number of nitrogens with two attached hydrogens (primary N) is 1. The first-order valence-electron chi connectivity index (χ1n) is 11.3. The summed E-state index contributed by atoms with van der Waals surface area (Å²) >= 11 is 0. The number of nitrogens with one attached hydrogen (secondary N) is 1. The normalized spacial score (nSPS) is 21.7. The molecular formula is C24H28N6O3. The van der Waals surface area contributed by atoms with E-state index in [4.69, 9.17) is 15.5 Å². The van der Waals surface area contributed by atoms with Crippen molar-refractivity contribution >= 4 is 17.2 Å². The molecule has 0 bridgehead atoms. The van der Waals surface area contributed by atoms with Crippen LogP contribution >= 0.6 is 0 Å². The number of aromatic nitrogens is 4. The fourth-order valence-electron chi connectivity index (χ4n) is 4.93. The van der Waals surface area contributed by atoms with Gasteiger partial charge in [0.25, 0.3) is 0 Å². The standard InChI is InChI=1S/C24H28N6O3/c1-24(2)20(29-19-21(25)26-13-27-22(19)33-24)17-9-7-16(8-10-17)15-5-3-14(4-6-15)11-30-12-18(31)28-23(30)32/h7-10,12-15,31H,3-6,11H2,1-2H3,(H,28,32)(H2,25,26,27). The lowest BCUT2D eigenvalue weighted by molar-refractivity contribution is 0.171. The average Bonchev–Trinajstić information content (AvgIpc) is 3.10. The monoisotopic (exact) mass is 448 g/mol. The molecule has 5 rings (SSSR count). The molecule has 9 nitrogen and oxygen atoms in total. The van der Waals surface area contributed by atoms with Gasteiger partial charge in [0.2, 0.25) is 11.8 Å². The van der Waals surface area contributed by atoms with Crippen molar-refractivity contribution in [3.63, 3.8) is 0 Å². The van der Waals surface area contributed by atoms with Crippen LogP contribution in [0.25, 0.3) is 0 Å². The highest BCUT2D eigenvalue weighted by Crippen LogP contribution is 2.40. The van der Waals surface area contributed by atoms with Crippen LogP contribution in [0.3, 0.4) is 0 Å². The SMILES string of the molecule is CC1(C)Oc2ncnc(N)c2N=C1c1ccc(C2CCC(Cn3cc(O)[nH]c3=O)CC2)cc1. The van der Waals surface area contributed by atoms with Crippen LogP contribution in [0.15, 0.2) is 46.6 Å². The number of aromatic amines is 1. The molecule has 4 N–H and O–H groups in total. The molecule has 3 heterocycles.